The maximum absolute atomic E-state index is 12.8. The normalized spacial score (nSPS) is 14.9. The van der Waals surface area contributed by atoms with Gasteiger partial charge in [0.25, 0.3) is 0 Å². The van der Waals surface area contributed by atoms with Crippen LogP contribution in [0.4, 0.5) is 4.79 Å². The van der Waals surface area contributed by atoms with Gasteiger partial charge in [0, 0.05) is 13.0 Å². The summed E-state index contributed by atoms with van der Waals surface area (Å²) in [6, 6.07) is 13.8. The van der Waals surface area contributed by atoms with E-state index in [-0.39, 0.29) is 18.9 Å². The number of hydrogen-bond acceptors (Lipinski definition) is 6. The first-order valence-electron chi connectivity index (χ1n) is 11.0. The van der Waals surface area contributed by atoms with E-state index in [0.29, 0.717) is 5.75 Å². The number of carboxylic acids is 1. The van der Waals surface area contributed by atoms with E-state index < -0.39 is 36.2 Å². The van der Waals surface area contributed by atoms with Crippen LogP contribution in [-0.4, -0.2) is 67.0 Å². The number of carboxylic acid groups (broad SMARTS) is 1. The molecule has 3 unspecified atom stereocenters. The number of carbonyl (C=O) groups is 3. The molecule has 34 heavy (non-hydrogen) atoms. The van der Waals surface area contributed by atoms with Crippen LogP contribution >= 0.6 is 11.8 Å². The van der Waals surface area contributed by atoms with Crippen molar-refractivity contribution in [3.63, 3.8) is 0 Å². The van der Waals surface area contributed by atoms with Crippen molar-refractivity contribution >= 4 is 29.7 Å². The first-order chi connectivity index (χ1) is 16.4. The Morgan fingerprint density at radius 3 is 2.15 bits per heavy atom. The molecule has 0 heterocycles. The van der Waals surface area contributed by atoms with Crippen molar-refractivity contribution in [2.45, 2.75) is 37.5 Å². The SMILES string of the molecule is COC(C)C(NC(=O)OCC1c2ccccc2-c2ccccc21)C(=O)NC(CCSC)C(=O)O. The Morgan fingerprint density at radius 2 is 1.62 bits per heavy atom. The van der Waals surface area contributed by atoms with Crippen LogP contribution in [0.2, 0.25) is 0 Å². The lowest BCUT2D eigenvalue weighted by atomic mass is 9.98. The molecule has 0 radical (unpaired) electrons. The number of nitrogens with one attached hydrogen (secondary N) is 2. The molecule has 0 bridgehead atoms. The van der Waals surface area contributed by atoms with E-state index in [0.717, 1.165) is 22.3 Å². The molecule has 2 amide bonds. The quantitative estimate of drug-likeness (QED) is 0.447. The smallest absolute Gasteiger partial charge is 0.407 e. The maximum atomic E-state index is 12.8. The highest BCUT2D eigenvalue weighted by Gasteiger charge is 2.32. The average molecular weight is 487 g/mol. The summed E-state index contributed by atoms with van der Waals surface area (Å²) in [5, 5.41) is 14.4. The third-order valence-corrected chi connectivity index (χ3v) is 6.61. The Hall–Kier alpha value is -3.04. The van der Waals surface area contributed by atoms with Crippen LogP contribution in [0.15, 0.2) is 48.5 Å². The molecule has 0 aromatic heterocycles. The van der Waals surface area contributed by atoms with Crippen LogP contribution in [0.25, 0.3) is 11.1 Å². The van der Waals surface area contributed by atoms with Crippen LogP contribution in [0.5, 0.6) is 0 Å². The summed E-state index contributed by atoms with van der Waals surface area (Å²) in [6.45, 7) is 1.71. The number of carbonyl (C=O) groups excluding carboxylic acids is 2. The number of alkyl carbamates (subject to hydrolysis) is 1. The third kappa shape index (κ3) is 5.90. The van der Waals surface area contributed by atoms with E-state index >= 15 is 0 Å². The largest absolute Gasteiger partial charge is 0.480 e. The Morgan fingerprint density at radius 1 is 1.03 bits per heavy atom. The molecule has 0 aliphatic heterocycles. The molecule has 9 heteroatoms. The number of rotatable bonds is 11. The van der Waals surface area contributed by atoms with E-state index in [2.05, 4.69) is 10.6 Å². The van der Waals surface area contributed by atoms with Gasteiger partial charge in [0.15, 0.2) is 0 Å². The molecule has 0 saturated heterocycles. The lowest BCUT2D eigenvalue weighted by Crippen LogP contribution is -2.56. The van der Waals surface area contributed by atoms with Gasteiger partial charge >= 0.3 is 12.1 Å². The monoisotopic (exact) mass is 486 g/mol. The second-order valence-corrected chi connectivity index (χ2v) is 9.05. The molecule has 8 nitrogen and oxygen atoms in total. The minimum atomic E-state index is -1.13. The molecule has 2 aromatic carbocycles. The van der Waals surface area contributed by atoms with Crippen LogP contribution in [0.3, 0.4) is 0 Å². The molecular formula is C25H30N2O6S. The summed E-state index contributed by atoms with van der Waals surface area (Å²) in [5.41, 5.74) is 4.38. The zero-order valence-corrected chi connectivity index (χ0v) is 20.3. The highest BCUT2D eigenvalue weighted by Crippen LogP contribution is 2.44. The molecule has 182 valence electrons. The number of amides is 2. The Kier molecular flexibility index (Phi) is 8.95. The van der Waals surface area contributed by atoms with Gasteiger partial charge in [0.2, 0.25) is 5.91 Å². The predicted molar refractivity (Wildman–Crippen MR) is 131 cm³/mol. The molecular weight excluding hydrogens is 456 g/mol. The molecule has 0 fully saturated rings. The second kappa shape index (κ2) is 11.9. The number of thioether (sulfide) groups is 1. The zero-order valence-electron chi connectivity index (χ0n) is 19.4. The van der Waals surface area contributed by atoms with Gasteiger partial charge in [0.05, 0.1) is 6.10 Å². The summed E-state index contributed by atoms with van der Waals surface area (Å²) < 4.78 is 10.8. The first-order valence-corrected chi connectivity index (χ1v) is 12.4. The highest BCUT2D eigenvalue weighted by atomic mass is 32.2. The number of methoxy groups -OCH3 is 1. The van der Waals surface area contributed by atoms with Crippen LogP contribution < -0.4 is 10.6 Å². The van der Waals surface area contributed by atoms with Crippen LogP contribution in [-0.2, 0) is 19.1 Å². The molecule has 1 aliphatic rings. The number of aliphatic carboxylic acids is 1. The highest BCUT2D eigenvalue weighted by molar-refractivity contribution is 7.98. The topological polar surface area (TPSA) is 114 Å². The van der Waals surface area contributed by atoms with Crippen molar-refractivity contribution in [2.24, 2.45) is 0 Å². The minimum absolute atomic E-state index is 0.0983. The summed E-state index contributed by atoms with van der Waals surface area (Å²) in [4.78, 5) is 37.0. The van der Waals surface area contributed by atoms with Gasteiger partial charge in [0.1, 0.15) is 18.7 Å². The van der Waals surface area contributed by atoms with E-state index in [1.54, 1.807) is 6.92 Å². The standard InChI is InChI=1S/C25H30N2O6S/c1-15(32-2)22(23(28)26-21(24(29)30)12-13-34-3)27-25(31)33-14-20-18-10-6-4-8-16(18)17-9-5-7-11-19(17)20/h4-11,15,20-22H,12-14H2,1-3H3,(H,26,28)(H,27,31)(H,29,30). The number of benzene rings is 2. The van der Waals surface area contributed by atoms with Crippen LogP contribution in [0.1, 0.15) is 30.4 Å². The summed E-state index contributed by atoms with van der Waals surface area (Å²) in [7, 11) is 1.41. The number of hydrogen-bond donors (Lipinski definition) is 3. The van der Waals surface area contributed by atoms with Gasteiger partial charge < -0.3 is 25.2 Å². The zero-order chi connectivity index (χ0) is 24.7. The number of ether oxygens (including phenoxy) is 2. The fourth-order valence-electron chi connectivity index (χ4n) is 4.05. The van der Waals surface area contributed by atoms with E-state index in [4.69, 9.17) is 9.47 Å². The molecule has 3 atom stereocenters. The van der Waals surface area contributed by atoms with Gasteiger partial charge in [-0.15, -0.1) is 0 Å². The van der Waals surface area contributed by atoms with E-state index in [1.807, 2.05) is 54.8 Å². The van der Waals surface area contributed by atoms with Gasteiger partial charge in [-0.05, 0) is 47.6 Å². The van der Waals surface area contributed by atoms with Crippen molar-refractivity contribution in [1.29, 1.82) is 0 Å². The summed E-state index contributed by atoms with van der Waals surface area (Å²) in [5.74, 6) is -1.32. The lowest BCUT2D eigenvalue weighted by molar-refractivity contribution is -0.142. The minimum Gasteiger partial charge on any atom is -0.480 e. The molecule has 2 aromatic rings. The van der Waals surface area contributed by atoms with Crippen LogP contribution in [0, 0.1) is 0 Å². The van der Waals surface area contributed by atoms with E-state index in [1.165, 1.54) is 18.9 Å². The van der Waals surface area contributed by atoms with Gasteiger partial charge in [-0.3, -0.25) is 4.79 Å². The van der Waals surface area contributed by atoms with Gasteiger partial charge in [-0.25, -0.2) is 9.59 Å². The predicted octanol–water partition coefficient (Wildman–Crippen LogP) is 3.25. The maximum Gasteiger partial charge on any atom is 0.407 e. The van der Waals surface area contributed by atoms with Crippen molar-refractivity contribution in [3.8, 4) is 11.1 Å². The van der Waals surface area contributed by atoms with Crippen molar-refractivity contribution < 1.29 is 29.0 Å². The fraction of sp³-hybridized carbons (Fsp3) is 0.400. The number of fused-ring (bicyclic) bond motifs is 3. The fourth-order valence-corrected chi connectivity index (χ4v) is 4.53. The molecule has 1 aliphatic carbocycles. The molecule has 0 saturated carbocycles. The van der Waals surface area contributed by atoms with Gasteiger partial charge in [-0.2, -0.15) is 11.8 Å². The second-order valence-electron chi connectivity index (χ2n) is 8.07. The Bertz CT molecular complexity index is 984. The third-order valence-electron chi connectivity index (χ3n) is 5.97. The molecule has 3 rings (SSSR count). The summed E-state index contributed by atoms with van der Waals surface area (Å²) >= 11 is 1.48. The van der Waals surface area contributed by atoms with E-state index in [9.17, 15) is 19.5 Å². The van der Waals surface area contributed by atoms with Crippen molar-refractivity contribution in [3.05, 3.63) is 59.7 Å². The van der Waals surface area contributed by atoms with Crippen molar-refractivity contribution in [2.75, 3.05) is 25.7 Å². The molecule has 3 N–H and O–H groups in total. The Balaban J connectivity index is 1.66. The lowest BCUT2D eigenvalue weighted by Gasteiger charge is -2.25. The molecule has 0 spiro atoms. The van der Waals surface area contributed by atoms with Gasteiger partial charge in [-0.1, -0.05) is 48.5 Å². The Labute approximate surface area is 203 Å². The first kappa shape index (κ1) is 25.6. The van der Waals surface area contributed by atoms with Crippen molar-refractivity contribution in [1.82, 2.24) is 10.6 Å². The summed E-state index contributed by atoms with van der Waals surface area (Å²) in [6.07, 6.45) is 0.647. The average Bonchev–Trinajstić information content (AvgIpc) is 3.16.